The summed E-state index contributed by atoms with van der Waals surface area (Å²) in [6.45, 7) is 2.77. The number of nitrogens with zero attached hydrogens (tertiary/aromatic N) is 2. The van der Waals surface area contributed by atoms with Crippen molar-refractivity contribution in [2.75, 3.05) is 33.3 Å². The smallest absolute Gasteiger partial charge is 0.320 e. The summed E-state index contributed by atoms with van der Waals surface area (Å²) in [6, 6.07) is 3.46. The zero-order valence-electron chi connectivity index (χ0n) is 15.7. The normalized spacial score (nSPS) is 21.0. The Morgan fingerprint density at radius 1 is 1.22 bits per heavy atom. The Kier molecular flexibility index (Phi) is 6.71. The fourth-order valence-electron chi connectivity index (χ4n) is 3.73. The van der Waals surface area contributed by atoms with Crippen LogP contribution in [0.5, 0.6) is 0 Å². The van der Waals surface area contributed by atoms with Crippen LogP contribution in [0.3, 0.4) is 0 Å². The van der Waals surface area contributed by atoms with Crippen LogP contribution in [0.4, 0.5) is 4.79 Å². The minimum absolute atomic E-state index is 0.0503. The van der Waals surface area contributed by atoms with Gasteiger partial charge in [0, 0.05) is 31.1 Å². The molecule has 0 saturated carbocycles. The highest BCUT2D eigenvalue weighted by Gasteiger charge is 2.32. The van der Waals surface area contributed by atoms with E-state index in [1.807, 2.05) is 22.4 Å². The van der Waals surface area contributed by atoms with Gasteiger partial charge >= 0.3 is 12.0 Å². The molecule has 2 atom stereocenters. The number of esters is 1. The molecule has 0 radical (unpaired) electrons. The topological polar surface area (TPSA) is 79.0 Å². The minimum atomic E-state index is -0.394. The summed E-state index contributed by atoms with van der Waals surface area (Å²) < 4.78 is 4.77. The lowest BCUT2D eigenvalue weighted by Gasteiger charge is -2.35. The lowest BCUT2D eigenvalue weighted by Crippen LogP contribution is -2.50. The number of thiophene rings is 1. The van der Waals surface area contributed by atoms with Crippen molar-refractivity contribution in [1.29, 1.82) is 0 Å². The number of nitrogens with one attached hydrogen (secondary N) is 1. The molecular weight excluding hydrogens is 366 g/mol. The molecule has 8 heteroatoms. The number of piperidine rings is 1. The van der Waals surface area contributed by atoms with Crippen LogP contribution in [-0.2, 0) is 14.3 Å². The van der Waals surface area contributed by atoms with Crippen molar-refractivity contribution in [3.63, 3.8) is 0 Å². The van der Waals surface area contributed by atoms with Crippen LogP contribution in [0.1, 0.15) is 43.0 Å². The quantitative estimate of drug-likeness (QED) is 0.779. The van der Waals surface area contributed by atoms with E-state index >= 15 is 0 Å². The van der Waals surface area contributed by atoms with E-state index in [4.69, 9.17) is 4.74 Å². The maximum atomic E-state index is 12.9. The fraction of sp³-hybridized carbons (Fsp3) is 0.632. The number of hydrogen-bond acceptors (Lipinski definition) is 5. The van der Waals surface area contributed by atoms with Gasteiger partial charge in [0.2, 0.25) is 5.91 Å². The molecule has 0 spiro atoms. The largest absolute Gasteiger partial charge is 0.469 e. The zero-order chi connectivity index (χ0) is 19.2. The third kappa shape index (κ3) is 5.00. The van der Waals surface area contributed by atoms with Crippen molar-refractivity contribution < 1.29 is 19.1 Å². The number of hydrogen-bond donors (Lipinski definition) is 1. The lowest BCUT2D eigenvalue weighted by atomic mass is 9.96. The van der Waals surface area contributed by atoms with Crippen LogP contribution >= 0.6 is 11.3 Å². The van der Waals surface area contributed by atoms with Crippen molar-refractivity contribution in [2.45, 2.75) is 38.1 Å². The van der Waals surface area contributed by atoms with Crippen LogP contribution in [0, 0.1) is 5.92 Å². The predicted molar refractivity (Wildman–Crippen MR) is 102 cm³/mol. The average molecular weight is 394 g/mol. The summed E-state index contributed by atoms with van der Waals surface area (Å²) in [5.74, 6) is -0.704. The Labute approximate surface area is 163 Å². The van der Waals surface area contributed by atoms with Crippen LogP contribution in [0.15, 0.2) is 17.5 Å². The molecule has 3 amide bonds. The Hall–Kier alpha value is -2.09. The number of ether oxygens (including phenoxy) is 1. The highest BCUT2D eigenvalue weighted by Crippen LogP contribution is 2.25. The molecule has 148 valence electrons. The van der Waals surface area contributed by atoms with E-state index in [0.717, 1.165) is 43.6 Å². The maximum Gasteiger partial charge on any atom is 0.320 e. The molecule has 3 heterocycles. The predicted octanol–water partition coefficient (Wildman–Crippen LogP) is 2.40. The van der Waals surface area contributed by atoms with E-state index in [9.17, 15) is 14.4 Å². The molecule has 0 unspecified atom stereocenters. The van der Waals surface area contributed by atoms with Gasteiger partial charge in [0.15, 0.2) is 0 Å². The SMILES string of the molecule is COC(=O)C[C@@H](NC(=O)[C@H]1CCCN(C(=O)N2CCCC2)C1)c1cccs1. The summed E-state index contributed by atoms with van der Waals surface area (Å²) in [6.07, 6.45) is 3.79. The monoisotopic (exact) mass is 393 g/mol. The average Bonchev–Trinajstić information content (AvgIpc) is 3.40. The van der Waals surface area contributed by atoms with Crippen molar-refractivity contribution in [1.82, 2.24) is 15.1 Å². The number of carbonyl (C=O) groups excluding carboxylic acids is 3. The van der Waals surface area contributed by atoms with Gasteiger partial charge < -0.3 is 19.9 Å². The van der Waals surface area contributed by atoms with Gasteiger partial charge in [-0.15, -0.1) is 11.3 Å². The van der Waals surface area contributed by atoms with Crippen LogP contribution in [0.2, 0.25) is 0 Å². The first-order valence-corrected chi connectivity index (χ1v) is 10.4. The summed E-state index contributed by atoms with van der Waals surface area (Å²) in [7, 11) is 1.35. The Morgan fingerprint density at radius 3 is 2.63 bits per heavy atom. The standard InChI is InChI=1S/C19H27N3O4S/c1-26-17(23)12-15(16-7-5-11-27-16)20-18(24)14-6-4-10-22(13-14)19(25)21-8-2-3-9-21/h5,7,11,14-15H,2-4,6,8-10,12-13H2,1H3,(H,20,24)/t14-,15+/m0/s1. The highest BCUT2D eigenvalue weighted by atomic mass is 32.1. The van der Waals surface area contributed by atoms with Crippen LogP contribution in [-0.4, -0.2) is 61.0 Å². The number of amides is 3. The first kappa shape index (κ1) is 19.7. The molecule has 1 aromatic heterocycles. The van der Waals surface area contributed by atoms with Crippen LogP contribution in [0.25, 0.3) is 0 Å². The first-order valence-electron chi connectivity index (χ1n) is 9.53. The summed E-state index contributed by atoms with van der Waals surface area (Å²) in [5.41, 5.74) is 0. The van der Waals surface area contributed by atoms with Gasteiger partial charge in [0.05, 0.1) is 25.5 Å². The van der Waals surface area contributed by atoms with Gasteiger partial charge in [-0.3, -0.25) is 9.59 Å². The molecule has 0 aromatic carbocycles. The second-order valence-corrected chi connectivity index (χ2v) is 8.10. The summed E-state index contributed by atoms with van der Waals surface area (Å²) in [4.78, 5) is 41.8. The molecular formula is C19H27N3O4S. The van der Waals surface area contributed by atoms with Crippen LogP contribution < -0.4 is 5.32 Å². The summed E-state index contributed by atoms with van der Waals surface area (Å²) >= 11 is 1.50. The number of likely N-dealkylation sites (tertiary alicyclic amines) is 2. The number of methoxy groups -OCH3 is 1. The Bertz CT molecular complexity index is 658. The van der Waals surface area contributed by atoms with Gasteiger partial charge in [-0.25, -0.2) is 4.79 Å². The van der Waals surface area contributed by atoms with E-state index in [2.05, 4.69) is 5.32 Å². The first-order chi connectivity index (χ1) is 13.1. The van der Waals surface area contributed by atoms with Gasteiger partial charge in [-0.05, 0) is 37.1 Å². The Morgan fingerprint density at radius 2 is 1.96 bits per heavy atom. The molecule has 27 heavy (non-hydrogen) atoms. The second-order valence-electron chi connectivity index (χ2n) is 7.12. The minimum Gasteiger partial charge on any atom is -0.469 e. The van der Waals surface area contributed by atoms with E-state index in [-0.39, 0.29) is 30.2 Å². The third-order valence-electron chi connectivity index (χ3n) is 5.24. The van der Waals surface area contributed by atoms with Crippen molar-refractivity contribution in [3.8, 4) is 0 Å². The number of urea groups is 1. The second kappa shape index (κ2) is 9.21. The molecule has 2 aliphatic rings. The van der Waals surface area contributed by atoms with E-state index in [1.165, 1.54) is 18.4 Å². The Balaban J connectivity index is 1.61. The zero-order valence-corrected chi connectivity index (χ0v) is 16.5. The number of carbonyl (C=O) groups is 3. The number of rotatable bonds is 5. The van der Waals surface area contributed by atoms with Gasteiger partial charge in [0.25, 0.3) is 0 Å². The highest BCUT2D eigenvalue weighted by molar-refractivity contribution is 7.10. The van der Waals surface area contributed by atoms with E-state index in [0.29, 0.717) is 13.1 Å². The van der Waals surface area contributed by atoms with Gasteiger partial charge in [-0.1, -0.05) is 6.07 Å². The fourth-order valence-corrected chi connectivity index (χ4v) is 4.50. The molecule has 1 aromatic rings. The maximum absolute atomic E-state index is 12.9. The molecule has 7 nitrogen and oxygen atoms in total. The van der Waals surface area contributed by atoms with Crippen molar-refractivity contribution in [2.24, 2.45) is 5.92 Å². The third-order valence-corrected chi connectivity index (χ3v) is 6.23. The summed E-state index contributed by atoms with van der Waals surface area (Å²) in [5, 5.41) is 4.92. The molecule has 2 saturated heterocycles. The lowest BCUT2D eigenvalue weighted by molar-refractivity contribution is -0.141. The van der Waals surface area contributed by atoms with Crippen molar-refractivity contribution in [3.05, 3.63) is 22.4 Å². The van der Waals surface area contributed by atoms with E-state index < -0.39 is 6.04 Å². The molecule has 2 aliphatic heterocycles. The van der Waals surface area contributed by atoms with Gasteiger partial charge in [-0.2, -0.15) is 0 Å². The van der Waals surface area contributed by atoms with Gasteiger partial charge in [0.1, 0.15) is 0 Å². The van der Waals surface area contributed by atoms with E-state index in [1.54, 1.807) is 4.90 Å². The molecule has 2 fully saturated rings. The molecule has 0 bridgehead atoms. The molecule has 3 rings (SSSR count). The molecule has 0 aliphatic carbocycles. The molecule has 1 N–H and O–H groups in total. The van der Waals surface area contributed by atoms with Crippen molar-refractivity contribution >= 4 is 29.2 Å².